The number of fused-ring (bicyclic) bond motifs is 1. The lowest BCUT2D eigenvalue weighted by Gasteiger charge is -2.40. The molecule has 1 amide bonds. The molecule has 2 aromatic carbocycles. The topological polar surface area (TPSA) is 76.2 Å². The summed E-state index contributed by atoms with van der Waals surface area (Å²) in [6.07, 6.45) is 3.65. The summed E-state index contributed by atoms with van der Waals surface area (Å²) in [5.41, 5.74) is 2.83. The van der Waals surface area contributed by atoms with E-state index >= 15 is 0 Å². The van der Waals surface area contributed by atoms with Gasteiger partial charge in [0.1, 0.15) is 5.75 Å². The summed E-state index contributed by atoms with van der Waals surface area (Å²) in [4.78, 5) is 22.0. The van der Waals surface area contributed by atoms with Gasteiger partial charge in [-0.25, -0.2) is 0 Å². The third kappa shape index (κ3) is 4.77. The van der Waals surface area contributed by atoms with Gasteiger partial charge >= 0.3 is 0 Å². The summed E-state index contributed by atoms with van der Waals surface area (Å²) in [6.45, 7) is 4.24. The lowest BCUT2D eigenvalue weighted by Crippen LogP contribution is -2.50. The molecule has 3 heterocycles. The molecule has 2 aliphatic heterocycles. The number of anilines is 1. The lowest BCUT2D eigenvalue weighted by molar-refractivity contribution is 0.0929. The van der Waals surface area contributed by atoms with Crippen LogP contribution in [-0.2, 0) is 0 Å². The Labute approximate surface area is 199 Å². The van der Waals surface area contributed by atoms with E-state index in [2.05, 4.69) is 38.3 Å². The predicted molar refractivity (Wildman–Crippen MR) is 129 cm³/mol. The summed E-state index contributed by atoms with van der Waals surface area (Å²) < 4.78 is 16.0. The third-order valence-corrected chi connectivity index (χ3v) is 6.35. The first-order valence-corrected chi connectivity index (χ1v) is 11.4. The van der Waals surface area contributed by atoms with Crippen molar-refractivity contribution in [1.29, 1.82) is 0 Å². The first-order chi connectivity index (χ1) is 16.7. The molecule has 1 aromatic heterocycles. The SMILES string of the molecule is COc1ccc(N2CCN([C@H](CNC(=O)c3ccc4c(c3)OCO4)c3cccnc3)CC2)cc1. The van der Waals surface area contributed by atoms with Gasteiger partial charge in [-0.15, -0.1) is 0 Å². The number of nitrogens with zero attached hydrogens (tertiary/aromatic N) is 3. The number of methoxy groups -OCH3 is 1. The smallest absolute Gasteiger partial charge is 0.251 e. The standard InChI is InChI=1S/C26H28N4O4/c1-32-22-7-5-21(6-8-22)29-11-13-30(14-12-29)23(20-3-2-10-27-16-20)17-28-26(31)19-4-9-24-25(15-19)34-18-33-24/h2-10,15-16,23H,11-14,17-18H2,1H3,(H,28,31)/t23-/m1/s1. The largest absolute Gasteiger partial charge is 0.497 e. The van der Waals surface area contributed by atoms with Crippen LogP contribution in [0.4, 0.5) is 5.69 Å². The molecule has 1 atom stereocenters. The van der Waals surface area contributed by atoms with Gasteiger partial charge in [-0.3, -0.25) is 14.7 Å². The first kappa shape index (κ1) is 22.0. The van der Waals surface area contributed by atoms with Crippen molar-refractivity contribution in [2.24, 2.45) is 0 Å². The van der Waals surface area contributed by atoms with E-state index in [0.29, 0.717) is 23.6 Å². The minimum absolute atomic E-state index is 0.0321. The van der Waals surface area contributed by atoms with Crippen LogP contribution in [0.15, 0.2) is 67.0 Å². The van der Waals surface area contributed by atoms with Crippen LogP contribution in [0.25, 0.3) is 0 Å². The molecule has 0 bridgehead atoms. The van der Waals surface area contributed by atoms with Crippen molar-refractivity contribution >= 4 is 11.6 Å². The molecular weight excluding hydrogens is 432 g/mol. The van der Waals surface area contributed by atoms with Gasteiger partial charge in [0.05, 0.1) is 13.2 Å². The highest BCUT2D eigenvalue weighted by molar-refractivity contribution is 5.95. The highest BCUT2D eigenvalue weighted by atomic mass is 16.7. The maximum atomic E-state index is 12.9. The fourth-order valence-electron chi connectivity index (χ4n) is 4.44. The number of hydrogen-bond acceptors (Lipinski definition) is 7. The number of aromatic nitrogens is 1. The van der Waals surface area contributed by atoms with Crippen LogP contribution in [0, 0.1) is 0 Å². The normalized spacial score (nSPS) is 16.2. The molecule has 0 unspecified atom stereocenters. The van der Waals surface area contributed by atoms with Gasteiger partial charge in [0.2, 0.25) is 6.79 Å². The van der Waals surface area contributed by atoms with Crippen LogP contribution in [0.1, 0.15) is 22.0 Å². The van der Waals surface area contributed by atoms with E-state index in [4.69, 9.17) is 14.2 Å². The Balaban J connectivity index is 1.25. The van der Waals surface area contributed by atoms with E-state index in [1.807, 2.05) is 24.4 Å². The molecule has 1 N–H and O–H groups in total. The quantitative estimate of drug-likeness (QED) is 0.581. The number of benzene rings is 2. The molecule has 0 aliphatic carbocycles. The molecule has 8 heteroatoms. The second-order valence-electron chi connectivity index (χ2n) is 8.30. The number of nitrogens with one attached hydrogen (secondary N) is 1. The molecule has 5 rings (SSSR count). The Hall–Kier alpha value is -3.78. The monoisotopic (exact) mass is 460 g/mol. The number of amides is 1. The summed E-state index contributed by atoms with van der Waals surface area (Å²) in [5, 5.41) is 3.11. The fourth-order valence-corrected chi connectivity index (χ4v) is 4.44. The van der Waals surface area contributed by atoms with Crippen LogP contribution in [0.3, 0.4) is 0 Å². The van der Waals surface area contributed by atoms with Crippen molar-refractivity contribution in [3.63, 3.8) is 0 Å². The van der Waals surface area contributed by atoms with E-state index in [0.717, 1.165) is 37.5 Å². The number of hydrogen-bond donors (Lipinski definition) is 1. The minimum atomic E-state index is -0.135. The Morgan fingerprint density at radius 1 is 1.06 bits per heavy atom. The molecule has 2 aliphatic rings. The van der Waals surface area contributed by atoms with Gasteiger partial charge < -0.3 is 24.4 Å². The Morgan fingerprint density at radius 2 is 1.85 bits per heavy atom. The van der Waals surface area contributed by atoms with E-state index < -0.39 is 0 Å². The Morgan fingerprint density at radius 3 is 2.59 bits per heavy atom. The number of pyridine rings is 1. The zero-order valence-corrected chi connectivity index (χ0v) is 19.1. The van der Waals surface area contributed by atoms with E-state index in [-0.39, 0.29) is 18.7 Å². The highest BCUT2D eigenvalue weighted by Gasteiger charge is 2.26. The molecule has 0 saturated carbocycles. The van der Waals surface area contributed by atoms with Crippen molar-refractivity contribution in [3.05, 3.63) is 78.1 Å². The van der Waals surface area contributed by atoms with E-state index in [9.17, 15) is 4.79 Å². The molecular formula is C26H28N4O4. The number of ether oxygens (including phenoxy) is 3. The second-order valence-corrected chi connectivity index (χ2v) is 8.30. The molecule has 0 radical (unpaired) electrons. The first-order valence-electron chi connectivity index (χ1n) is 11.4. The van der Waals surface area contributed by atoms with Gasteiger partial charge in [-0.05, 0) is 54.1 Å². The van der Waals surface area contributed by atoms with Gasteiger partial charge in [-0.1, -0.05) is 6.07 Å². The number of carbonyl (C=O) groups excluding carboxylic acids is 1. The van der Waals surface area contributed by atoms with Crippen LogP contribution in [-0.4, -0.2) is 62.4 Å². The minimum Gasteiger partial charge on any atom is -0.497 e. The third-order valence-electron chi connectivity index (χ3n) is 6.35. The van der Waals surface area contributed by atoms with Crippen molar-refractivity contribution < 1.29 is 19.0 Å². The summed E-state index contributed by atoms with van der Waals surface area (Å²) in [6, 6.07) is 17.5. The zero-order valence-electron chi connectivity index (χ0n) is 19.1. The zero-order chi connectivity index (χ0) is 23.3. The maximum Gasteiger partial charge on any atom is 0.251 e. The van der Waals surface area contributed by atoms with Crippen LogP contribution < -0.4 is 24.4 Å². The molecule has 0 spiro atoms. The van der Waals surface area contributed by atoms with Gasteiger partial charge in [0.25, 0.3) is 5.91 Å². The van der Waals surface area contributed by atoms with Gasteiger partial charge in [-0.2, -0.15) is 0 Å². The summed E-state index contributed by atoms with van der Waals surface area (Å²) >= 11 is 0. The fraction of sp³-hybridized carbons (Fsp3) is 0.308. The predicted octanol–water partition coefficient (Wildman–Crippen LogP) is 3.11. The second kappa shape index (κ2) is 10.0. The Kier molecular flexibility index (Phi) is 6.49. The van der Waals surface area contributed by atoms with Crippen molar-refractivity contribution in [2.75, 3.05) is 51.5 Å². The Bertz CT molecular complexity index is 1120. The lowest BCUT2D eigenvalue weighted by atomic mass is 10.1. The van der Waals surface area contributed by atoms with Crippen molar-refractivity contribution in [2.45, 2.75) is 6.04 Å². The summed E-state index contributed by atoms with van der Waals surface area (Å²) in [7, 11) is 1.68. The molecule has 1 fully saturated rings. The van der Waals surface area contributed by atoms with Crippen LogP contribution in [0.5, 0.6) is 17.2 Å². The van der Waals surface area contributed by atoms with Crippen molar-refractivity contribution in [1.82, 2.24) is 15.2 Å². The molecule has 34 heavy (non-hydrogen) atoms. The number of rotatable bonds is 7. The maximum absolute atomic E-state index is 12.9. The van der Waals surface area contributed by atoms with Crippen molar-refractivity contribution in [3.8, 4) is 17.2 Å². The van der Waals surface area contributed by atoms with E-state index in [1.165, 1.54) is 5.69 Å². The van der Waals surface area contributed by atoms with E-state index in [1.54, 1.807) is 31.5 Å². The average Bonchev–Trinajstić information content (AvgIpc) is 3.38. The van der Waals surface area contributed by atoms with Gasteiger partial charge in [0.15, 0.2) is 11.5 Å². The number of piperazine rings is 1. The molecule has 1 saturated heterocycles. The molecule has 3 aromatic rings. The van der Waals surface area contributed by atoms with Gasteiger partial charge in [0, 0.05) is 56.4 Å². The number of carbonyl (C=O) groups is 1. The van der Waals surface area contributed by atoms with Crippen LogP contribution >= 0.6 is 0 Å². The average molecular weight is 461 g/mol. The van der Waals surface area contributed by atoms with Crippen LogP contribution in [0.2, 0.25) is 0 Å². The highest BCUT2D eigenvalue weighted by Crippen LogP contribution is 2.32. The summed E-state index contributed by atoms with van der Waals surface area (Å²) in [5.74, 6) is 1.99. The molecule has 176 valence electrons. The molecule has 8 nitrogen and oxygen atoms in total.